The van der Waals surface area contributed by atoms with Gasteiger partial charge in [0.2, 0.25) is 0 Å². The summed E-state index contributed by atoms with van der Waals surface area (Å²) in [5.74, 6) is 0. The topological polar surface area (TPSA) is 41.6 Å². The second kappa shape index (κ2) is 7.18. The second-order valence-corrected chi connectivity index (χ2v) is 4.93. The van der Waals surface area contributed by atoms with Gasteiger partial charge in [0.05, 0.1) is 11.8 Å². The van der Waals surface area contributed by atoms with Crippen molar-refractivity contribution in [2.75, 3.05) is 0 Å². The Kier molecular flexibility index (Phi) is 4.57. The third-order valence-electron chi connectivity index (χ3n) is 3.29. The van der Waals surface area contributed by atoms with E-state index in [-0.39, 0.29) is 0 Å². The van der Waals surface area contributed by atoms with Crippen molar-refractivity contribution in [3.63, 3.8) is 0 Å². The predicted octanol–water partition coefficient (Wildman–Crippen LogP) is 4.24. The molecule has 0 unspecified atom stereocenters. The lowest BCUT2D eigenvalue weighted by Crippen LogP contribution is -1.85. The van der Waals surface area contributed by atoms with Crippen LogP contribution in [0.2, 0.25) is 0 Å². The number of imidazole rings is 1. The Morgan fingerprint density at radius 2 is 1.32 bits per heavy atom. The summed E-state index contributed by atoms with van der Waals surface area (Å²) in [5.41, 5.74) is 4.50. The molecule has 0 atom stereocenters. The minimum atomic E-state index is 0.775. The van der Waals surface area contributed by atoms with Crippen LogP contribution in [-0.4, -0.2) is 15.0 Å². The standard InChI is InChI=1S/C13H12.C6H5N3/c1-3-7-12(8-4-1)11-13-9-5-2-6-10-13;1-2-5-6(7-3-1)9-4-8-5/h1-10H,11H2;1-4H,(H,7,8,9). The Bertz CT molecular complexity index is 740. The summed E-state index contributed by atoms with van der Waals surface area (Å²) >= 11 is 0. The summed E-state index contributed by atoms with van der Waals surface area (Å²) in [6.07, 6.45) is 4.39. The van der Waals surface area contributed by atoms with E-state index in [9.17, 15) is 0 Å². The largest absolute Gasteiger partial charge is 0.343 e. The molecular weight excluding hydrogens is 270 g/mol. The first-order chi connectivity index (χ1) is 10.9. The molecule has 0 fully saturated rings. The SMILES string of the molecule is c1ccc(Cc2ccccc2)cc1.c1cnc2nc[nH]c2c1. The van der Waals surface area contributed by atoms with Gasteiger partial charge < -0.3 is 4.98 Å². The molecule has 0 amide bonds. The number of nitrogens with zero attached hydrogens (tertiary/aromatic N) is 2. The van der Waals surface area contributed by atoms with Crippen molar-refractivity contribution in [1.82, 2.24) is 15.0 Å². The van der Waals surface area contributed by atoms with E-state index in [4.69, 9.17) is 0 Å². The van der Waals surface area contributed by atoms with E-state index in [1.165, 1.54) is 11.1 Å². The van der Waals surface area contributed by atoms with Gasteiger partial charge >= 0.3 is 0 Å². The van der Waals surface area contributed by atoms with Crippen molar-refractivity contribution in [1.29, 1.82) is 0 Å². The third kappa shape index (κ3) is 3.79. The maximum absolute atomic E-state index is 4.00. The van der Waals surface area contributed by atoms with Crippen molar-refractivity contribution in [2.24, 2.45) is 0 Å². The number of H-pyrrole nitrogens is 1. The van der Waals surface area contributed by atoms with Gasteiger partial charge in [-0.3, -0.25) is 0 Å². The van der Waals surface area contributed by atoms with Crippen LogP contribution in [-0.2, 0) is 6.42 Å². The summed E-state index contributed by atoms with van der Waals surface area (Å²) in [5, 5.41) is 0. The highest BCUT2D eigenvalue weighted by Crippen LogP contribution is 2.07. The van der Waals surface area contributed by atoms with Crippen LogP contribution in [0.1, 0.15) is 11.1 Å². The van der Waals surface area contributed by atoms with Crippen LogP contribution in [0.5, 0.6) is 0 Å². The molecule has 0 aliphatic rings. The van der Waals surface area contributed by atoms with Crippen molar-refractivity contribution in [3.05, 3.63) is 96.4 Å². The van der Waals surface area contributed by atoms with E-state index in [1.54, 1.807) is 12.5 Å². The zero-order valence-corrected chi connectivity index (χ0v) is 12.2. The van der Waals surface area contributed by atoms with Gasteiger partial charge in [-0.2, -0.15) is 0 Å². The first-order valence-corrected chi connectivity index (χ1v) is 7.24. The number of rotatable bonds is 2. The lowest BCUT2D eigenvalue weighted by atomic mass is 10.1. The zero-order chi connectivity index (χ0) is 15.0. The Morgan fingerprint density at radius 3 is 1.91 bits per heavy atom. The Morgan fingerprint density at radius 1 is 0.682 bits per heavy atom. The molecule has 1 N–H and O–H groups in total. The molecule has 22 heavy (non-hydrogen) atoms. The zero-order valence-electron chi connectivity index (χ0n) is 12.2. The molecule has 4 aromatic rings. The normalized spacial score (nSPS) is 10.0. The van der Waals surface area contributed by atoms with Gasteiger partial charge in [-0.05, 0) is 29.7 Å². The summed E-state index contributed by atoms with van der Waals surface area (Å²) in [4.78, 5) is 10.9. The van der Waals surface area contributed by atoms with Crippen molar-refractivity contribution < 1.29 is 0 Å². The predicted molar refractivity (Wildman–Crippen MR) is 89.6 cm³/mol. The number of benzene rings is 2. The van der Waals surface area contributed by atoms with E-state index in [0.29, 0.717) is 0 Å². The maximum Gasteiger partial charge on any atom is 0.177 e. The van der Waals surface area contributed by atoms with Gasteiger partial charge in [0.15, 0.2) is 5.65 Å². The molecule has 108 valence electrons. The molecule has 0 radical (unpaired) electrons. The molecular formula is C19H17N3. The molecule has 0 aliphatic carbocycles. The van der Waals surface area contributed by atoms with Crippen molar-refractivity contribution >= 4 is 11.2 Å². The molecule has 4 rings (SSSR count). The molecule has 3 heteroatoms. The van der Waals surface area contributed by atoms with Crippen LogP contribution in [0, 0.1) is 0 Å². The van der Waals surface area contributed by atoms with Crippen LogP contribution in [0.3, 0.4) is 0 Å². The van der Waals surface area contributed by atoms with Crippen LogP contribution < -0.4 is 0 Å². The highest BCUT2D eigenvalue weighted by Gasteiger charge is 1.92. The fourth-order valence-electron chi connectivity index (χ4n) is 2.20. The molecule has 3 nitrogen and oxygen atoms in total. The second-order valence-electron chi connectivity index (χ2n) is 4.93. The summed E-state index contributed by atoms with van der Waals surface area (Å²) < 4.78 is 0. The minimum absolute atomic E-state index is 0.775. The van der Waals surface area contributed by atoms with Gasteiger partial charge in [-0.15, -0.1) is 0 Å². The summed E-state index contributed by atoms with van der Waals surface area (Å²) in [6, 6.07) is 24.9. The van der Waals surface area contributed by atoms with E-state index in [0.717, 1.165) is 17.6 Å². The Balaban J connectivity index is 0.000000139. The summed E-state index contributed by atoms with van der Waals surface area (Å²) in [6.45, 7) is 0. The molecule has 0 saturated carbocycles. The molecule has 0 bridgehead atoms. The van der Waals surface area contributed by atoms with Crippen LogP contribution in [0.4, 0.5) is 0 Å². The molecule has 2 aromatic heterocycles. The number of nitrogens with one attached hydrogen (secondary N) is 1. The first kappa shape index (κ1) is 14.0. The maximum atomic E-state index is 4.00. The number of aromatic amines is 1. The fourth-order valence-corrected chi connectivity index (χ4v) is 2.20. The van der Waals surface area contributed by atoms with Gasteiger partial charge in [0.25, 0.3) is 0 Å². The molecule has 0 aliphatic heterocycles. The Hall–Kier alpha value is -2.94. The number of hydrogen-bond acceptors (Lipinski definition) is 2. The number of fused-ring (bicyclic) bond motifs is 1. The quantitative estimate of drug-likeness (QED) is 0.599. The highest BCUT2D eigenvalue weighted by molar-refractivity contribution is 5.68. The van der Waals surface area contributed by atoms with E-state index >= 15 is 0 Å². The van der Waals surface area contributed by atoms with Crippen LogP contribution in [0.15, 0.2) is 85.3 Å². The third-order valence-corrected chi connectivity index (χ3v) is 3.29. The van der Waals surface area contributed by atoms with Crippen molar-refractivity contribution in [3.8, 4) is 0 Å². The average Bonchev–Trinajstić information content (AvgIpc) is 3.06. The molecule has 0 saturated heterocycles. The summed E-state index contributed by atoms with van der Waals surface area (Å²) in [7, 11) is 0. The average molecular weight is 287 g/mol. The monoisotopic (exact) mass is 287 g/mol. The van der Waals surface area contributed by atoms with Gasteiger partial charge in [-0.25, -0.2) is 9.97 Å². The number of hydrogen-bond donors (Lipinski definition) is 1. The van der Waals surface area contributed by atoms with E-state index < -0.39 is 0 Å². The van der Waals surface area contributed by atoms with Gasteiger partial charge in [0.1, 0.15) is 0 Å². The number of aromatic nitrogens is 3. The fraction of sp³-hybridized carbons (Fsp3) is 0.0526. The lowest BCUT2D eigenvalue weighted by Gasteiger charge is -2.00. The van der Waals surface area contributed by atoms with Crippen molar-refractivity contribution in [2.45, 2.75) is 6.42 Å². The van der Waals surface area contributed by atoms with E-state index in [2.05, 4.69) is 75.6 Å². The molecule has 2 aromatic carbocycles. The lowest BCUT2D eigenvalue weighted by molar-refractivity contribution is 1.19. The van der Waals surface area contributed by atoms with Crippen LogP contribution >= 0.6 is 0 Å². The Labute approximate surface area is 129 Å². The van der Waals surface area contributed by atoms with Gasteiger partial charge in [-0.1, -0.05) is 60.7 Å². The number of pyridine rings is 1. The highest BCUT2D eigenvalue weighted by atomic mass is 14.9. The van der Waals surface area contributed by atoms with E-state index in [1.807, 2.05) is 12.1 Å². The molecule has 0 spiro atoms. The first-order valence-electron chi connectivity index (χ1n) is 7.24. The van der Waals surface area contributed by atoms with Gasteiger partial charge in [0, 0.05) is 6.20 Å². The smallest absolute Gasteiger partial charge is 0.177 e. The van der Waals surface area contributed by atoms with Crippen LogP contribution in [0.25, 0.3) is 11.2 Å². The molecule has 2 heterocycles. The minimum Gasteiger partial charge on any atom is -0.343 e.